The molecular formula is C16H10F4NY-. The van der Waals surface area contributed by atoms with Crippen LogP contribution < -0.4 is 0 Å². The summed E-state index contributed by atoms with van der Waals surface area (Å²) in [6.45, 7) is 2.96. The molecule has 0 aliphatic carbocycles. The summed E-state index contributed by atoms with van der Waals surface area (Å²) in [5, 5.41) is 0. The summed E-state index contributed by atoms with van der Waals surface area (Å²) in [5.74, 6) is 0.680. The van der Waals surface area contributed by atoms with Crippen LogP contribution >= 0.6 is 0 Å². The van der Waals surface area contributed by atoms with Gasteiger partial charge in [-0.2, -0.15) is 12.2 Å². The van der Waals surface area contributed by atoms with Crippen molar-refractivity contribution < 1.29 is 50.3 Å². The van der Waals surface area contributed by atoms with E-state index in [1.165, 1.54) is 6.08 Å². The minimum absolute atomic E-state index is 0. The molecule has 111 valence electrons. The fourth-order valence-electron chi connectivity index (χ4n) is 1.98. The molecule has 0 aromatic heterocycles. The van der Waals surface area contributed by atoms with E-state index >= 15 is 0 Å². The Hall–Kier alpha value is -1.38. The molecule has 1 heterocycles. The first-order valence-corrected chi connectivity index (χ1v) is 5.94. The molecule has 1 aromatic rings. The largest absolute Gasteiger partial charge is 0.369 e. The van der Waals surface area contributed by atoms with E-state index < -0.39 is 24.6 Å². The number of alkyl halides is 2. The normalized spacial score (nSPS) is 14.2. The summed E-state index contributed by atoms with van der Waals surface area (Å²) in [5.41, 5.74) is 0.631. The molecule has 0 bridgehead atoms. The van der Waals surface area contributed by atoms with Gasteiger partial charge in [-0.25, -0.2) is 17.6 Å². The SMILES string of the molecule is C#CC1=C[C-]=C(c2cc(F)cc(F)c2)N(CC(F)F)C1=C.[Y]. The van der Waals surface area contributed by atoms with Gasteiger partial charge in [-0.05, 0) is 5.70 Å². The number of allylic oxidation sites excluding steroid dienone is 3. The number of rotatable bonds is 3. The maximum atomic E-state index is 13.3. The van der Waals surface area contributed by atoms with Crippen LogP contribution in [0.5, 0.6) is 0 Å². The second kappa shape index (κ2) is 7.76. The Labute approximate surface area is 151 Å². The van der Waals surface area contributed by atoms with Crippen LogP contribution in [0, 0.1) is 30.1 Å². The van der Waals surface area contributed by atoms with Gasteiger partial charge >= 0.3 is 0 Å². The van der Waals surface area contributed by atoms with E-state index in [4.69, 9.17) is 6.42 Å². The van der Waals surface area contributed by atoms with Crippen LogP contribution in [0.15, 0.2) is 42.1 Å². The topological polar surface area (TPSA) is 3.24 Å². The van der Waals surface area contributed by atoms with Crippen molar-refractivity contribution in [3.05, 3.63) is 65.4 Å². The average Bonchev–Trinajstić information content (AvgIpc) is 2.39. The van der Waals surface area contributed by atoms with E-state index in [1.54, 1.807) is 0 Å². The van der Waals surface area contributed by atoms with Crippen LogP contribution in [0.3, 0.4) is 0 Å². The zero-order valence-electron chi connectivity index (χ0n) is 11.4. The van der Waals surface area contributed by atoms with Gasteiger partial charge in [0.2, 0.25) is 0 Å². The van der Waals surface area contributed by atoms with Crippen LogP contribution in [-0.2, 0) is 32.7 Å². The summed E-state index contributed by atoms with van der Waals surface area (Å²) in [7, 11) is 0. The third kappa shape index (κ3) is 4.09. The van der Waals surface area contributed by atoms with Crippen molar-refractivity contribution in [3.63, 3.8) is 0 Å². The smallest absolute Gasteiger partial charge is 0.256 e. The van der Waals surface area contributed by atoms with E-state index in [0.717, 1.165) is 17.0 Å². The van der Waals surface area contributed by atoms with Crippen LogP contribution in [0.25, 0.3) is 5.70 Å². The van der Waals surface area contributed by atoms with Crippen molar-refractivity contribution >= 4 is 5.70 Å². The molecule has 1 aromatic carbocycles. The maximum absolute atomic E-state index is 13.3. The molecule has 1 aliphatic rings. The molecule has 0 fully saturated rings. The maximum Gasteiger partial charge on any atom is 0.256 e. The van der Waals surface area contributed by atoms with Gasteiger partial charge in [0.05, 0.1) is 6.54 Å². The van der Waals surface area contributed by atoms with Crippen molar-refractivity contribution in [2.45, 2.75) is 6.43 Å². The molecule has 0 amide bonds. The molecule has 1 radical (unpaired) electrons. The van der Waals surface area contributed by atoms with E-state index in [1.807, 2.05) is 0 Å². The molecule has 0 atom stereocenters. The molecule has 2 rings (SSSR count). The van der Waals surface area contributed by atoms with Crippen molar-refractivity contribution in [1.82, 2.24) is 4.90 Å². The van der Waals surface area contributed by atoms with Gasteiger partial charge in [0, 0.05) is 38.8 Å². The number of benzene rings is 1. The zero-order valence-corrected chi connectivity index (χ0v) is 14.3. The van der Waals surface area contributed by atoms with Gasteiger partial charge in [-0.15, -0.1) is 12.3 Å². The minimum atomic E-state index is -2.67. The summed E-state index contributed by atoms with van der Waals surface area (Å²) in [6, 6.07) is 2.76. The first kappa shape index (κ1) is 18.7. The second-order valence-electron chi connectivity index (χ2n) is 4.30. The summed E-state index contributed by atoms with van der Waals surface area (Å²) in [6.07, 6.45) is 6.65. The van der Waals surface area contributed by atoms with Gasteiger partial charge in [-0.3, -0.25) is 0 Å². The second-order valence-corrected chi connectivity index (χ2v) is 4.30. The molecule has 0 saturated carbocycles. The van der Waals surface area contributed by atoms with Gasteiger partial charge in [0.25, 0.3) is 6.43 Å². The number of hydrogen-bond donors (Lipinski definition) is 0. The van der Waals surface area contributed by atoms with Crippen molar-refractivity contribution in [2.24, 2.45) is 0 Å². The molecular weight excluding hydrogens is 371 g/mol. The van der Waals surface area contributed by atoms with Gasteiger partial charge in [0.1, 0.15) is 11.6 Å². The Bertz CT molecular complexity index is 666. The fourth-order valence-corrected chi connectivity index (χ4v) is 1.98. The molecule has 1 aliphatic heterocycles. The van der Waals surface area contributed by atoms with Crippen LogP contribution in [-0.4, -0.2) is 17.9 Å². The van der Waals surface area contributed by atoms with Crippen molar-refractivity contribution in [3.8, 4) is 12.3 Å². The van der Waals surface area contributed by atoms with Crippen molar-refractivity contribution in [1.29, 1.82) is 0 Å². The molecule has 22 heavy (non-hydrogen) atoms. The fraction of sp³-hybridized carbons (Fsp3) is 0.125. The zero-order chi connectivity index (χ0) is 15.6. The monoisotopic (exact) mass is 381 g/mol. The number of hydrogen-bond acceptors (Lipinski definition) is 1. The Morgan fingerprint density at radius 1 is 1.23 bits per heavy atom. The Morgan fingerprint density at radius 3 is 2.32 bits per heavy atom. The first-order valence-electron chi connectivity index (χ1n) is 5.94. The predicted octanol–water partition coefficient (Wildman–Crippen LogP) is 3.76. The van der Waals surface area contributed by atoms with Gasteiger partial charge in [0.15, 0.2) is 0 Å². The average molecular weight is 381 g/mol. The Morgan fingerprint density at radius 2 is 1.82 bits per heavy atom. The molecule has 1 nitrogen and oxygen atoms in total. The minimum Gasteiger partial charge on any atom is -0.369 e. The molecule has 0 unspecified atom stereocenters. The summed E-state index contributed by atoms with van der Waals surface area (Å²) in [4.78, 5) is 1.11. The third-order valence-electron chi connectivity index (χ3n) is 2.87. The van der Waals surface area contributed by atoms with Crippen LogP contribution in [0.2, 0.25) is 0 Å². The first-order chi connectivity index (χ1) is 9.92. The predicted molar refractivity (Wildman–Crippen MR) is 71.8 cm³/mol. The molecule has 6 heteroatoms. The molecule has 0 N–H and O–H groups in total. The third-order valence-corrected chi connectivity index (χ3v) is 2.87. The van der Waals surface area contributed by atoms with E-state index in [0.29, 0.717) is 6.07 Å². The quantitative estimate of drug-likeness (QED) is 0.438. The summed E-state index contributed by atoms with van der Waals surface area (Å²) >= 11 is 0. The van der Waals surface area contributed by atoms with E-state index in [9.17, 15) is 17.6 Å². The van der Waals surface area contributed by atoms with Gasteiger partial charge in [-0.1, -0.05) is 35.5 Å². The standard InChI is InChI=1S/C16H10F4N.Y/c1-3-11-4-5-15(21(10(11)2)9-16(19)20)12-6-13(17)8-14(18)7-12;/h1,4,6-8,16H,2,9H2;/q-1;. The van der Waals surface area contributed by atoms with E-state index in [-0.39, 0.29) is 55.2 Å². The Balaban J connectivity index is 0.00000242. The van der Waals surface area contributed by atoms with Crippen LogP contribution in [0.4, 0.5) is 17.6 Å². The molecule has 0 saturated heterocycles. The van der Waals surface area contributed by atoms with E-state index in [2.05, 4.69) is 18.6 Å². The summed E-state index contributed by atoms with van der Waals surface area (Å²) < 4.78 is 52.0. The number of terminal acetylenes is 1. The van der Waals surface area contributed by atoms with Crippen LogP contribution in [0.1, 0.15) is 5.56 Å². The molecule has 0 spiro atoms. The van der Waals surface area contributed by atoms with Crippen molar-refractivity contribution in [2.75, 3.05) is 6.54 Å². The number of nitrogens with zero attached hydrogens (tertiary/aromatic N) is 1. The van der Waals surface area contributed by atoms with Gasteiger partial charge < -0.3 is 4.90 Å². The Kier molecular flexibility index (Phi) is 6.58. The number of halogens is 4.